The zero-order valence-electron chi connectivity index (χ0n) is 15.8. The SMILES string of the molecule is C[C@H](O)C(C)(C)c1cc(NC(=O)C(C)(C)S(=O)(=O)CCCC(F)(F)F)on1. The number of hydrogen-bond donors (Lipinski definition) is 2. The van der Waals surface area contributed by atoms with Crippen molar-refractivity contribution >= 4 is 21.6 Å². The molecule has 1 amide bonds. The highest BCUT2D eigenvalue weighted by molar-refractivity contribution is 7.93. The van der Waals surface area contributed by atoms with E-state index in [4.69, 9.17) is 4.52 Å². The molecule has 1 rings (SSSR count). The number of sulfone groups is 1. The molecule has 0 aromatic carbocycles. The third-order valence-electron chi connectivity index (χ3n) is 4.65. The molecule has 1 aromatic rings. The average molecular weight is 414 g/mol. The lowest BCUT2D eigenvalue weighted by Gasteiger charge is -2.24. The van der Waals surface area contributed by atoms with E-state index in [0.29, 0.717) is 5.69 Å². The molecular formula is C16H25F3N2O5S. The van der Waals surface area contributed by atoms with Crippen molar-refractivity contribution in [3.05, 3.63) is 11.8 Å². The van der Waals surface area contributed by atoms with Gasteiger partial charge >= 0.3 is 6.18 Å². The van der Waals surface area contributed by atoms with Crippen molar-refractivity contribution in [1.29, 1.82) is 0 Å². The van der Waals surface area contributed by atoms with Crippen LogP contribution < -0.4 is 5.32 Å². The van der Waals surface area contributed by atoms with Crippen LogP contribution in [0.5, 0.6) is 0 Å². The van der Waals surface area contributed by atoms with Gasteiger partial charge in [-0.3, -0.25) is 10.1 Å². The van der Waals surface area contributed by atoms with Crippen LogP contribution in [0.4, 0.5) is 19.1 Å². The lowest BCUT2D eigenvalue weighted by Crippen LogP contribution is -2.45. The van der Waals surface area contributed by atoms with E-state index in [-0.39, 0.29) is 5.88 Å². The van der Waals surface area contributed by atoms with Crippen LogP contribution in [-0.4, -0.2) is 47.4 Å². The molecule has 1 aromatic heterocycles. The maximum Gasteiger partial charge on any atom is 0.389 e. The van der Waals surface area contributed by atoms with E-state index in [1.54, 1.807) is 20.8 Å². The van der Waals surface area contributed by atoms with Crippen molar-refractivity contribution in [1.82, 2.24) is 5.16 Å². The predicted molar refractivity (Wildman–Crippen MR) is 93.0 cm³/mol. The fraction of sp³-hybridized carbons (Fsp3) is 0.750. The van der Waals surface area contributed by atoms with Gasteiger partial charge in [0.2, 0.25) is 11.8 Å². The normalized spacial score (nSPS) is 14.9. The van der Waals surface area contributed by atoms with Gasteiger partial charge in [0.05, 0.1) is 17.6 Å². The number of aromatic nitrogens is 1. The second kappa shape index (κ2) is 7.78. The van der Waals surface area contributed by atoms with Crippen LogP contribution in [0.15, 0.2) is 10.6 Å². The van der Waals surface area contributed by atoms with Crippen LogP contribution in [-0.2, 0) is 20.0 Å². The third-order valence-corrected chi connectivity index (χ3v) is 7.22. The number of anilines is 1. The number of nitrogens with zero attached hydrogens (tertiary/aromatic N) is 1. The van der Waals surface area contributed by atoms with Gasteiger partial charge in [0.15, 0.2) is 9.84 Å². The highest BCUT2D eigenvalue weighted by atomic mass is 32.2. The molecule has 0 aliphatic heterocycles. The first-order valence-corrected chi connectivity index (χ1v) is 9.91. The number of alkyl halides is 3. The zero-order valence-corrected chi connectivity index (χ0v) is 16.7. The van der Waals surface area contributed by atoms with E-state index in [1.807, 2.05) is 0 Å². The van der Waals surface area contributed by atoms with Gasteiger partial charge in [0.1, 0.15) is 4.75 Å². The summed E-state index contributed by atoms with van der Waals surface area (Å²) >= 11 is 0. The highest BCUT2D eigenvalue weighted by Gasteiger charge is 2.42. The molecule has 0 aliphatic rings. The molecule has 0 bridgehead atoms. The second-order valence-electron chi connectivity index (χ2n) is 7.48. The number of amides is 1. The maximum atomic E-state index is 12.4. The number of rotatable bonds is 8. The molecule has 0 fully saturated rings. The summed E-state index contributed by atoms with van der Waals surface area (Å²) in [5, 5.41) is 15.8. The molecule has 1 atom stereocenters. The Balaban J connectivity index is 2.87. The standard InChI is InChI=1S/C16H25F3N2O5S/c1-10(22)14(2,3)11-9-12(26-21-11)20-13(23)15(4,5)27(24,25)8-6-7-16(17,18)19/h9-10,22H,6-8H2,1-5H3,(H,20,23)/t10-/m0/s1. The van der Waals surface area contributed by atoms with Gasteiger partial charge in [-0.05, 0) is 27.2 Å². The topological polar surface area (TPSA) is 110 Å². The monoisotopic (exact) mass is 414 g/mol. The van der Waals surface area contributed by atoms with E-state index in [9.17, 15) is 31.5 Å². The molecule has 0 saturated carbocycles. The van der Waals surface area contributed by atoms with Crippen molar-refractivity contribution in [3.8, 4) is 0 Å². The van der Waals surface area contributed by atoms with Crippen molar-refractivity contribution in [3.63, 3.8) is 0 Å². The van der Waals surface area contributed by atoms with Crippen LogP contribution in [0.25, 0.3) is 0 Å². The largest absolute Gasteiger partial charge is 0.392 e. The van der Waals surface area contributed by atoms with Crippen LogP contribution >= 0.6 is 0 Å². The number of nitrogens with one attached hydrogen (secondary N) is 1. The summed E-state index contributed by atoms with van der Waals surface area (Å²) in [4.78, 5) is 12.4. The molecule has 0 radical (unpaired) electrons. The number of hydrogen-bond acceptors (Lipinski definition) is 6. The lowest BCUT2D eigenvalue weighted by atomic mass is 9.84. The fourth-order valence-electron chi connectivity index (χ4n) is 1.97. The molecular weight excluding hydrogens is 389 g/mol. The Morgan fingerprint density at radius 3 is 2.33 bits per heavy atom. The molecule has 156 valence electrons. The molecule has 11 heteroatoms. The molecule has 0 saturated heterocycles. The quantitative estimate of drug-likeness (QED) is 0.677. The Hall–Kier alpha value is -1.62. The van der Waals surface area contributed by atoms with Crippen molar-refractivity contribution < 1.29 is 36.0 Å². The molecule has 7 nitrogen and oxygen atoms in total. The molecule has 0 spiro atoms. The minimum Gasteiger partial charge on any atom is -0.392 e. The van der Waals surface area contributed by atoms with Gasteiger partial charge in [0, 0.05) is 17.9 Å². The zero-order chi connectivity index (χ0) is 21.3. The summed E-state index contributed by atoms with van der Waals surface area (Å²) in [5.74, 6) is -1.85. The Morgan fingerprint density at radius 1 is 1.30 bits per heavy atom. The Bertz CT molecular complexity index is 767. The van der Waals surface area contributed by atoms with Crippen molar-refractivity contribution in [2.24, 2.45) is 0 Å². The lowest BCUT2D eigenvalue weighted by molar-refractivity contribution is -0.134. The van der Waals surface area contributed by atoms with Gasteiger partial charge in [-0.25, -0.2) is 8.42 Å². The number of halogens is 3. The summed E-state index contributed by atoms with van der Waals surface area (Å²) in [6.45, 7) is 7.19. The Labute approximate surface area is 156 Å². The van der Waals surface area contributed by atoms with E-state index in [1.165, 1.54) is 6.07 Å². The van der Waals surface area contributed by atoms with E-state index >= 15 is 0 Å². The van der Waals surface area contributed by atoms with Gasteiger partial charge in [-0.15, -0.1) is 0 Å². The second-order valence-corrected chi connectivity index (χ2v) is 10.1. The van der Waals surface area contributed by atoms with Crippen molar-refractivity contribution in [2.75, 3.05) is 11.1 Å². The van der Waals surface area contributed by atoms with Gasteiger partial charge in [-0.1, -0.05) is 19.0 Å². The van der Waals surface area contributed by atoms with Crippen LogP contribution in [0.2, 0.25) is 0 Å². The van der Waals surface area contributed by atoms with Crippen LogP contribution in [0, 0.1) is 0 Å². The highest BCUT2D eigenvalue weighted by Crippen LogP contribution is 2.29. The van der Waals surface area contributed by atoms with Gasteiger partial charge < -0.3 is 9.63 Å². The van der Waals surface area contributed by atoms with Crippen LogP contribution in [0.3, 0.4) is 0 Å². The summed E-state index contributed by atoms with van der Waals surface area (Å²) < 4.78 is 64.3. The fourth-order valence-corrected chi connectivity index (χ4v) is 3.34. The number of aliphatic hydroxyl groups excluding tert-OH is 1. The third kappa shape index (κ3) is 5.68. The van der Waals surface area contributed by atoms with Gasteiger partial charge in [-0.2, -0.15) is 13.2 Å². The number of carbonyl (C=O) groups is 1. The van der Waals surface area contributed by atoms with E-state index in [0.717, 1.165) is 13.8 Å². The summed E-state index contributed by atoms with van der Waals surface area (Å²) in [5.41, 5.74) is -0.426. The first-order chi connectivity index (χ1) is 12.0. The minimum absolute atomic E-state index is 0.123. The van der Waals surface area contributed by atoms with Crippen molar-refractivity contribution in [2.45, 2.75) is 69.9 Å². The molecule has 0 unspecified atom stereocenters. The first-order valence-electron chi connectivity index (χ1n) is 8.26. The van der Waals surface area contributed by atoms with Crippen LogP contribution in [0.1, 0.15) is 53.2 Å². The number of aliphatic hydroxyl groups is 1. The smallest absolute Gasteiger partial charge is 0.389 e. The summed E-state index contributed by atoms with van der Waals surface area (Å²) in [7, 11) is -4.15. The summed E-state index contributed by atoms with van der Waals surface area (Å²) in [6.07, 6.45) is -7.10. The minimum atomic E-state index is -4.46. The Kier molecular flexibility index (Phi) is 6.75. The molecule has 0 aliphatic carbocycles. The first kappa shape index (κ1) is 23.4. The molecule has 1 heterocycles. The number of carbonyl (C=O) groups excluding carboxylic acids is 1. The predicted octanol–water partition coefficient (Wildman–Crippen LogP) is 2.81. The summed E-state index contributed by atoms with van der Waals surface area (Å²) in [6, 6.07) is 1.36. The molecule has 27 heavy (non-hydrogen) atoms. The molecule has 2 N–H and O–H groups in total. The van der Waals surface area contributed by atoms with E-state index in [2.05, 4.69) is 10.5 Å². The Morgan fingerprint density at radius 2 is 1.85 bits per heavy atom. The average Bonchev–Trinajstić information content (AvgIpc) is 2.94. The van der Waals surface area contributed by atoms with E-state index < -0.39 is 56.8 Å². The van der Waals surface area contributed by atoms with Gasteiger partial charge in [0.25, 0.3) is 0 Å². The maximum absolute atomic E-state index is 12.4.